The first-order valence-electron chi connectivity index (χ1n) is 12.4. The molecule has 13 heteroatoms. The standard InChI is InChI=1S/C26H32N2O10S/c29-11-15-19(31)17(27-23(35)13-7-3-1-4-8-13)21(33)25(37-15)39-26-22(34)18(20(32)16(12-30)38-26)28-24(36)14-9-5-2-6-10-14/h1-10,15-22,25-26,29-34H,11-12H2,(H,27,35)(H,28,36)/t15?,16?,17-,18?,19-,20-,21?,22+,25-,26-/m0/s1. The van der Waals surface area contributed by atoms with Gasteiger partial charge in [0.2, 0.25) is 0 Å². The van der Waals surface area contributed by atoms with Crippen molar-refractivity contribution in [1.29, 1.82) is 0 Å². The zero-order valence-corrected chi connectivity index (χ0v) is 21.5. The highest BCUT2D eigenvalue weighted by atomic mass is 32.2. The second-order valence-corrected chi connectivity index (χ2v) is 10.5. The molecule has 0 bridgehead atoms. The highest BCUT2D eigenvalue weighted by molar-refractivity contribution is 8.00. The summed E-state index contributed by atoms with van der Waals surface area (Å²) in [6, 6.07) is 13.8. The summed E-state index contributed by atoms with van der Waals surface area (Å²) in [5.74, 6) is -1.13. The third kappa shape index (κ3) is 6.60. The van der Waals surface area contributed by atoms with Gasteiger partial charge in [-0.3, -0.25) is 9.59 Å². The monoisotopic (exact) mass is 564 g/mol. The fourth-order valence-electron chi connectivity index (χ4n) is 4.52. The first-order chi connectivity index (χ1) is 18.7. The molecule has 0 spiro atoms. The quantitative estimate of drug-likeness (QED) is 0.180. The van der Waals surface area contributed by atoms with E-state index in [1.54, 1.807) is 60.7 Å². The van der Waals surface area contributed by atoms with Crippen LogP contribution in [0.1, 0.15) is 20.7 Å². The molecule has 10 atom stereocenters. The first kappa shape index (κ1) is 29.4. The normalized spacial score (nSPS) is 34.7. The third-order valence-electron chi connectivity index (χ3n) is 6.70. The Morgan fingerprint density at radius 3 is 1.33 bits per heavy atom. The highest BCUT2D eigenvalue weighted by Crippen LogP contribution is 2.36. The Labute approximate surface area is 228 Å². The molecule has 2 saturated heterocycles. The van der Waals surface area contributed by atoms with Crippen LogP contribution < -0.4 is 10.6 Å². The number of ether oxygens (including phenoxy) is 2. The maximum Gasteiger partial charge on any atom is 0.251 e. The second kappa shape index (κ2) is 13.2. The van der Waals surface area contributed by atoms with E-state index in [0.717, 1.165) is 11.8 Å². The molecule has 0 saturated carbocycles. The minimum atomic E-state index is -1.52. The van der Waals surface area contributed by atoms with Gasteiger partial charge in [0.05, 0.1) is 25.3 Å². The van der Waals surface area contributed by atoms with E-state index in [4.69, 9.17) is 9.47 Å². The van der Waals surface area contributed by atoms with Crippen LogP contribution in [-0.4, -0.2) is 115 Å². The minimum absolute atomic E-state index is 0.288. The van der Waals surface area contributed by atoms with Crippen molar-refractivity contribution >= 4 is 23.6 Å². The molecular formula is C26H32N2O10S. The van der Waals surface area contributed by atoms with Gasteiger partial charge in [0.1, 0.15) is 47.5 Å². The molecule has 2 aliphatic heterocycles. The molecule has 2 aliphatic rings. The van der Waals surface area contributed by atoms with Crippen molar-refractivity contribution in [2.75, 3.05) is 13.2 Å². The lowest BCUT2D eigenvalue weighted by Crippen LogP contribution is -2.66. The molecule has 39 heavy (non-hydrogen) atoms. The van der Waals surface area contributed by atoms with E-state index in [0.29, 0.717) is 0 Å². The SMILES string of the molecule is O=C(NC1[C@@H](O)C(CO)O[C@@H](S[C@@H]2OC(CO)[C@H](O)[C@H](NC(=O)c3ccccc3)C2O)[C@@H]1O)c1ccccc1. The highest BCUT2D eigenvalue weighted by Gasteiger charge is 2.50. The average molecular weight is 565 g/mol. The fraction of sp³-hybridized carbons (Fsp3) is 0.462. The summed E-state index contributed by atoms with van der Waals surface area (Å²) in [7, 11) is 0. The fourth-order valence-corrected chi connectivity index (χ4v) is 5.86. The van der Waals surface area contributed by atoms with Gasteiger partial charge in [-0.25, -0.2) is 0 Å². The molecule has 2 heterocycles. The van der Waals surface area contributed by atoms with Crippen LogP contribution in [0.3, 0.4) is 0 Å². The zero-order chi connectivity index (χ0) is 28.1. The minimum Gasteiger partial charge on any atom is -0.394 e. The number of benzene rings is 2. The van der Waals surface area contributed by atoms with E-state index in [9.17, 15) is 40.2 Å². The van der Waals surface area contributed by atoms with Crippen LogP contribution in [0.4, 0.5) is 0 Å². The van der Waals surface area contributed by atoms with Gasteiger partial charge in [0, 0.05) is 11.1 Å². The number of carbonyl (C=O) groups excluding carboxylic acids is 2. The van der Waals surface area contributed by atoms with E-state index >= 15 is 0 Å². The molecule has 0 aromatic heterocycles. The molecule has 0 aliphatic carbocycles. The molecule has 0 radical (unpaired) electrons. The van der Waals surface area contributed by atoms with Crippen molar-refractivity contribution in [3.63, 3.8) is 0 Å². The number of hydrogen-bond donors (Lipinski definition) is 8. The lowest BCUT2D eigenvalue weighted by Gasteiger charge is -2.46. The van der Waals surface area contributed by atoms with Crippen LogP contribution in [0.2, 0.25) is 0 Å². The van der Waals surface area contributed by atoms with Gasteiger partial charge in [-0.15, -0.1) is 0 Å². The van der Waals surface area contributed by atoms with E-state index in [-0.39, 0.29) is 11.1 Å². The van der Waals surface area contributed by atoms with Gasteiger partial charge >= 0.3 is 0 Å². The smallest absolute Gasteiger partial charge is 0.251 e. The third-order valence-corrected chi connectivity index (χ3v) is 8.02. The number of carbonyl (C=O) groups is 2. The number of thioether (sulfide) groups is 1. The average Bonchev–Trinajstić information content (AvgIpc) is 2.96. The summed E-state index contributed by atoms with van der Waals surface area (Å²) in [4.78, 5) is 25.4. The molecule has 4 rings (SSSR count). The van der Waals surface area contributed by atoms with Crippen molar-refractivity contribution < 1.29 is 49.7 Å². The summed E-state index contributed by atoms with van der Waals surface area (Å²) in [6.07, 6.45) is -8.35. The van der Waals surface area contributed by atoms with Crippen LogP contribution in [0.15, 0.2) is 60.7 Å². The number of aliphatic hydroxyl groups is 6. The zero-order valence-electron chi connectivity index (χ0n) is 20.7. The van der Waals surface area contributed by atoms with E-state index in [1.165, 1.54) is 0 Å². The predicted octanol–water partition coefficient (Wildman–Crippen LogP) is -1.81. The van der Waals surface area contributed by atoms with Crippen LogP contribution >= 0.6 is 11.8 Å². The molecular weight excluding hydrogens is 532 g/mol. The van der Waals surface area contributed by atoms with Crippen molar-refractivity contribution in [1.82, 2.24) is 10.6 Å². The Bertz CT molecular complexity index is 1010. The van der Waals surface area contributed by atoms with Gasteiger partial charge in [-0.05, 0) is 24.3 Å². The molecule has 2 fully saturated rings. The summed E-state index contributed by atoms with van der Waals surface area (Å²) in [5, 5.41) is 68.1. The summed E-state index contributed by atoms with van der Waals surface area (Å²) in [5.41, 5.74) is -1.88. The molecule has 2 aromatic rings. The maximum atomic E-state index is 12.7. The number of rotatable bonds is 8. The lowest BCUT2D eigenvalue weighted by atomic mass is 9.96. The predicted molar refractivity (Wildman–Crippen MR) is 139 cm³/mol. The number of amides is 2. The number of aliphatic hydroxyl groups excluding tert-OH is 6. The molecule has 212 valence electrons. The van der Waals surface area contributed by atoms with Crippen LogP contribution in [0, 0.1) is 0 Å². The van der Waals surface area contributed by atoms with Gasteiger partial charge in [-0.2, -0.15) is 0 Å². The Balaban J connectivity index is 1.51. The van der Waals surface area contributed by atoms with E-state index < -0.39 is 84.6 Å². The molecule has 2 amide bonds. The number of hydrogen-bond acceptors (Lipinski definition) is 11. The van der Waals surface area contributed by atoms with Crippen molar-refractivity contribution in [2.45, 2.75) is 59.6 Å². The summed E-state index contributed by atoms with van der Waals surface area (Å²) >= 11 is 0.762. The maximum absolute atomic E-state index is 12.7. The Morgan fingerprint density at radius 1 is 0.641 bits per heavy atom. The van der Waals surface area contributed by atoms with E-state index in [1.807, 2.05) is 0 Å². The van der Waals surface area contributed by atoms with Crippen LogP contribution in [-0.2, 0) is 9.47 Å². The lowest BCUT2D eigenvalue weighted by molar-refractivity contribution is -0.175. The largest absolute Gasteiger partial charge is 0.394 e. The molecule has 8 N–H and O–H groups in total. The van der Waals surface area contributed by atoms with Gasteiger partial charge in [0.25, 0.3) is 11.8 Å². The van der Waals surface area contributed by atoms with Gasteiger partial charge < -0.3 is 50.7 Å². The topological polar surface area (TPSA) is 198 Å². The second-order valence-electron chi connectivity index (χ2n) is 9.28. The van der Waals surface area contributed by atoms with Crippen molar-refractivity contribution in [3.8, 4) is 0 Å². The Kier molecular flexibility index (Phi) is 9.93. The molecule has 2 aromatic carbocycles. The summed E-state index contributed by atoms with van der Waals surface area (Å²) in [6.45, 7) is -1.27. The van der Waals surface area contributed by atoms with Crippen LogP contribution in [0.5, 0.6) is 0 Å². The van der Waals surface area contributed by atoms with E-state index in [2.05, 4.69) is 10.6 Å². The first-order valence-corrected chi connectivity index (χ1v) is 13.3. The van der Waals surface area contributed by atoms with Crippen LogP contribution in [0.25, 0.3) is 0 Å². The van der Waals surface area contributed by atoms with Gasteiger partial charge in [-0.1, -0.05) is 48.2 Å². The Hall–Kier alpha value is -2.59. The molecule has 12 nitrogen and oxygen atoms in total. The number of nitrogens with one attached hydrogen (secondary N) is 2. The summed E-state index contributed by atoms with van der Waals surface area (Å²) < 4.78 is 11.3. The molecule has 4 unspecified atom stereocenters. The Morgan fingerprint density at radius 2 is 1.00 bits per heavy atom. The van der Waals surface area contributed by atoms with Gasteiger partial charge in [0.15, 0.2) is 0 Å². The van der Waals surface area contributed by atoms with Crippen molar-refractivity contribution in [3.05, 3.63) is 71.8 Å². The van der Waals surface area contributed by atoms with Crippen molar-refractivity contribution in [2.24, 2.45) is 0 Å².